The fourth-order valence-electron chi connectivity index (χ4n) is 4.10. The van der Waals surface area contributed by atoms with E-state index in [0.717, 1.165) is 57.5 Å². The molecular formula is C24H31Cl4NO3. The highest BCUT2D eigenvalue weighted by atomic mass is 35.5. The number of unbranched alkanes of at least 4 members (excludes halogenated alkanes) is 1. The van der Waals surface area contributed by atoms with Crippen molar-refractivity contribution in [1.29, 1.82) is 0 Å². The van der Waals surface area contributed by atoms with Crippen molar-refractivity contribution >= 4 is 54.0 Å². The Hall–Kier alpha value is -1.17. The zero-order valence-corrected chi connectivity index (χ0v) is 21.3. The van der Waals surface area contributed by atoms with Crippen LogP contribution in [0.1, 0.15) is 44.6 Å². The lowest BCUT2D eigenvalue weighted by Crippen LogP contribution is -2.37. The molecule has 1 atom stereocenters. The van der Waals surface area contributed by atoms with Crippen LogP contribution in [0.5, 0.6) is 11.5 Å². The van der Waals surface area contributed by atoms with Crippen molar-refractivity contribution < 1.29 is 14.6 Å². The van der Waals surface area contributed by atoms with Crippen LogP contribution in [-0.2, 0) is 11.3 Å². The van der Waals surface area contributed by atoms with Crippen LogP contribution in [0, 0.1) is 11.8 Å². The zero-order valence-electron chi connectivity index (χ0n) is 18.1. The molecule has 1 N–H and O–H groups in total. The second-order valence-corrected chi connectivity index (χ2v) is 8.84. The number of piperidine rings is 1. The Morgan fingerprint density at radius 3 is 2.25 bits per heavy atom. The monoisotopic (exact) mass is 521 g/mol. The maximum atomic E-state index is 11.6. The van der Waals surface area contributed by atoms with Gasteiger partial charge in [-0.1, -0.05) is 55.1 Å². The molecule has 0 saturated carbocycles. The second kappa shape index (κ2) is 14.2. The van der Waals surface area contributed by atoms with E-state index in [9.17, 15) is 9.90 Å². The molecule has 1 fully saturated rings. The van der Waals surface area contributed by atoms with Crippen LogP contribution >= 0.6 is 48.0 Å². The summed E-state index contributed by atoms with van der Waals surface area (Å²) in [6, 6.07) is 13.3. The van der Waals surface area contributed by atoms with E-state index in [1.807, 2.05) is 12.1 Å². The van der Waals surface area contributed by atoms with Crippen LogP contribution in [0.25, 0.3) is 0 Å². The summed E-state index contributed by atoms with van der Waals surface area (Å²) in [5.41, 5.74) is 1.22. The number of carbonyl (C=O) groups is 1. The number of ether oxygens (including phenoxy) is 1. The standard InChI is InChI=1S/C24H29Cl2NO3.2ClH/c1-2-3-4-21(24(28)29)18-11-13-27(14-12-18)16-17-5-7-19(8-6-17)30-20-9-10-22(25)23(26)15-20;;/h5-10,15,18,21H,2-4,11-14,16H2,1H3,(H,28,29);2*1H. The Kier molecular flexibility index (Phi) is 12.8. The molecule has 0 radical (unpaired) electrons. The molecule has 4 nitrogen and oxygen atoms in total. The predicted octanol–water partition coefficient (Wildman–Crippen LogP) is 7.73. The van der Waals surface area contributed by atoms with E-state index in [-0.39, 0.29) is 30.7 Å². The Morgan fingerprint density at radius 1 is 1.06 bits per heavy atom. The van der Waals surface area contributed by atoms with E-state index in [0.29, 0.717) is 21.7 Å². The predicted molar refractivity (Wildman–Crippen MR) is 136 cm³/mol. The number of carboxylic acids is 1. The smallest absolute Gasteiger partial charge is 0.306 e. The minimum atomic E-state index is -0.625. The average molecular weight is 523 g/mol. The topological polar surface area (TPSA) is 49.8 Å². The molecule has 8 heteroatoms. The van der Waals surface area contributed by atoms with E-state index >= 15 is 0 Å². The van der Waals surface area contributed by atoms with Crippen molar-refractivity contribution in [2.45, 2.75) is 45.6 Å². The van der Waals surface area contributed by atoms with Crippen molar-refractivity contribution in [2.24, 2.45) is 11.8 Å². The molecule has 0 amide bonds. The van der Waals surface area contributed by atoms with Gasteiger partial charge in [-0.15, -0.1) is 24.8 Å². The van der Waals surface area contributed by atoms with E-state index in [4.69, 9.17) is 27.9 Å². The summed E-state index contributed by atoms with van der Waals surface area (Å²) in [6.45, 7) is 4.87. The highest BCUT2D eigenvalue weighted by Crippen LogP contribution is 2.31. The fourth-order valence-corrected chi connectivity index (χ4v) is 4.38. The lowest BCUT2D eigenvalue weighted by molar-refractivity contribution is -0.144. The fraction of sp³-hybridized carbons (Fsp3) is 0.458. The molecule has 0 aliphatic carbocycles. The molecule has 0 spiro atoms. The quantitative estimate of drug-likeness (QED) is 0.366. The van der Waals surface area contributed by atoms with Gasteiger partial charge in [-0.05, 0) is 68.1 Å². The van der Waals surface area contributed by atoms with Crippen LogP contribution in [0.15, 0.2) is 42.5 Å². The minimum absolute atomic E-state index is 0. The van der Waals surface area contributed by atoms with Crippen molar-refractivity contribution in [3.63, 3.8) is 0 Å². The molecule has 1 heterocycles. The van der Waals surface area contributed by atoms with Gasteiger partial charge in [-0.2, -0.15) is 0 Å². The van der Waals surface area contributed by atoms with Crippen molar-refractivity contribution in [3.05, 3.63) is 58.1 Å². The second-order valence-electron chi connectivity index (χ2n) is 8.02. The van der Waals surface area contributed by atoms with Crippen LogP contribution in [0.2, 0.25) is 10.0 Å². The molecule has 3 rings (SSSR count). The highest BCUT2D eigenvalue weighted by Gasteiger charge is 2.30. The van der Waals surface area contributed by atoms with Gasteiger partial charge < -0.3 is 9.84 Å². The van der Waals surface area contributed by atoms with Gasteiger partial charge in [0.05, 0.1) is 16.0 Å². The molecule has 178 valence electrons. The number of rotatable bonds is 9. The van der Waals surface area contributed by atoms with E-state index in [1.165, 1.54) is 5.56 Å². The molecule has 1 aliphatic heterocycles. The molecule has 0 bridgehead atoms. The maximum Gasteiger partial charge on any atom is 0.306 e. The number of hydrogen-bond donors (Lipinski definition) is 1. The Morgan fingerprint density at radius 2 is 1.69 bits per heavy atom. The molecule has 1 unspecified atom stereocenters. The van der Waals surface area contributed by atoms with Gasteiger partial charge in [-0.25, -0.2) is 0 Å². The van der Waals surface area contributed by atoms with Gasteiger partial charge in [0.1, 0.15) is 11.5 Å². The van der Waals surface area contributed by atoms with Gasteiger partial charge in [0.15, 0.2) is 0 Å². The summed E-state index contributed by atoms with van der Waals surface area (Å²) in [6.07, 6.45) is 4.76. The first kappa shape index (κ1) is 28.9. The summed E-state index contributed by atoms with van der Waals surface area (Å²) in [5.74, 6) is 0.878. The van der Waals surface area contributed by atoms with Gasteiger partial charge >= 0.3 is 5.97 Å². The molecule has 2 aromatic carbocycles. The largest absolute Gasteiger partial charge is 0.481 e. The third kappa shape index (κ3) is 8.31. The number of halogens is 4. The molecular weight excluding hydrogens is 492 g/mol. The van der Waals surface area contributed by atoms with E-state index in [2.05, 4.69) is 24.0 Å². The summed E-state index contributed by atoms with van der Waals surface area (Å²) in [4.78, 5) is 14.0. The molecule has 2 aromatic rings. The Labute approximate surface area is 213 Å². The maximum absolute atomic E-state index is 11.6. The lowest BCUT2D eigenvalue weighted by Gasteiger charge is -2.34. The van der Waals surface area contributed by atoms with Gasteiger partial charge in [0.2, 0.25) is 0 Å². The minimum Gasteiger partial charge on any atom is -0.481 e. The van der Waals surface area contributed by atoms with Gasteiger partial charge in [0, 0.05) is 12.6 Å². The highest BCUT2D eigenvalue weighted by molar-refractivity contribution is 6.42. The molecule has 1 saturated heterocycles. The van der Waals surface area contributed by atoms with E-state index < -0.39 is 5.97 Å². The average Bonchev–Trinajstić information content (AvgIpc) is 2.73. The van der Waals surface area contributed by atoms with Gasteiger partial charge in [0.25, 0.3) is 0 Å². The number of aliphatic carboxylic acids is 1. The zero-order chi connectivity index (χ0) is 21.5. The molecule has 1 aliphatic rings. The normalized spacial score (nSPS) is 15.3. The van der Waals surface area contributed by atoms with Crippen LogP contribution in [0.3, 0.4) is 0 Å². The first-order valence-corrected chi connectivity index (χ1v) is 11.4. The molecule has 32 heavy (non-hydrogen) atoms. The lowest BCUT2D eigenvalue weighted by atomic mass is 9.81. The third-order valence-corrected chi connectivity index (χ3v) is 6.58. The summed E-state index contributed by atoms with van der Waals surface area (Å²) < 4.78 is 5.84. The van der Waals surface area contributed by atoms with E-state index in [1.54, 1.807) is 18.2 Å². The molecule has 0 aromatic heterocycles. The number of carboxylic acid groups (broad SMARTS) is 1. The number of nitrogens with zero attached hydrogens (tertiary/aromatic N) is 1. The first-order valence-electron chi connectivity index (χ1n) is 10.6. The van der Waals surface area contributed by atoms with Crippen molar-refractivity contribution in [2.75, 3.05) is 13.1 Å². The van der Waals surface area contributed by atoms with Crippen molar-refractivity contribution in [3.8, 4) is 11.5 Å². The summed E-state index contributed by atoms with van der Waals surface area (Å²) >= 11 is 12.0. The summed E-state index contributed by atoms with van der Waals surface area (Å²) in [5, 5.41) is 10.5. The van der Waals surface area contributed by atoms with Crippen molar-refractivity contribution in [1.82, 2.24) is 4.90 Å². The first-order chi connectivity index (χ1) is 14.5. The Balaban J connectivity index is 0.00000256. The van der Waals surface area contributed by atoms with Gasteiger partial charge in [-0.3, -0.25) is 9.69 Å². The van der Waals surface area contributed by atoms with Crippen LogP contribution in [-0.4, -0.2) is 29.1 Å². The van der Waals surface area contributed by atoms with Crippen LogP contribution < -0.4 is 4.74 Å². The number of benzene rings is 2. The summed E-state index contributed by atoms with van der Waals surface area (Å²) in [7, 11) is 0. The Bertz CT molecular complexity index is 840. The third-order valence-electron chi connectivity index (χ3n) is 5.84. The number of hydrogen-bond acceptors (Lipinski definition) is 3. The van der Waals surface area contributed by atoms with Crippen LogP contribution in [0.4, 0.5) is 0 Å². The number of likely N-dealkylation sites (tertiary alicyclic amines) is 1. The SMILES string of the molecule is CCCCC(C(=O)O)C1CCN(Cc2ccc(Oc3ccc(Cl)c(Cl)c3)cc2)CC1.Cl.Cl.